The summed E-state index contributed by atoms with van der Waals surface area (Å²) in [4.78, 5) is 79.7. The first-order chi connectivity index (χ1) is 35.8. The van der Waals surface area contributed by atoms with Crippen LogP contribution in [-0.2, 0) is 38.6 Å². The van der Waals surface area contributed by atoms with Crippen molar-refractivity contribution < 1.29 is 38.6 Å². The van der Waals surface area contributed by atoms with E-state index in [9.17, 15) is 29.1 Å². The summed E-state index contributed by atoms with van der Waals surface area (Å²) < 4.78 is 10.6. The standard InChI is InChI=1S/C56H62Cl2N8O8/c1-73-49-19-17-38(26-45(49)57)24-42-33-66(34-43(54(42)70)25-39-18-20-50(74-2)46(58)27-39)56(72)48(28-37-12-6-5-7-13-37)64-52(68)16-8-3-4-11-22-59-53(69)31-60-51-29-47(62-36-63-51)55(71)61-30-44(67)35-65-23-21-40-14-9-10-15-41(40)32-65/h5-7,9-10,12-15,17-20,24-27,29,36,44,48,67H,3-4,8,11,16,21-23,28,30-35H2,1-2H3,(H,59,69)(H,61,71)(H,64,68)(H,60,62,63). The Morgan fingerprint density at radius 1 is 0.757 bits per heavy atom. The molecule has 2 aliphatic rings. The van der Waals surface area contributed by atoms with Gasteiger partial charge in [0.15, 0.2) is 5.78 Å². The third-order valence-electron chi connectivity index (χ3n) is 12.7. The first kappa shape index (κ1) is 54.7. The maximum Gasteiger partial charge on any atom is 0.270 e. The van der Waals surface area contributed by atoms with Gasteiger partial charge in [-0.05, 0) is 83.5 Å². The molecule has 7 rings (SSSR count). The number of aliphatic hydroxyl groups excluding tert-OH is 1. The summed E-state index contributed by atoms with van der Waals surface area (Å²) in [6.45, 7) is 2.43. The van der Waals surface area contributed by atoms with Crippen molar-refractivity contribution in [2.24, 2.45) is 0 Å². The van der Waals surface area contributed by atoms with Gasteiger partial charge in [-0.25, -0.2) is 9.97 Å². The van der Waals surface area contributed by atoms with Gasteiger partial charge in [0.05, 0.1) is 36.9 Å². The second-order valence-electron chi connectivity index (χ2n) is 18.2. The highest BCUT2D eigenvalue weighted by atomic mass is 35.5. The predicted octanol–water partition coefficient (Wildman–Crippen LogP) is 6.73. The molecule has 4 amide bonds. The van der Waals surface area contributed by atoms with Crippen LogP contribution in [0.15, 0.2) is 115 Å². The van der Waals surface area contributed by atoms with Crippen LogP contribution in [-0.4, -0.2) is 126 Å². The van der Waals surface area contributed by atoms with Crippen LogP contribution in [0.3, 0.4) is 0 Å². The number of benzene rings is 4. The molecule has 2 atom stereocenters. The molecule has 2 aliphatic heterocycles. The molecule has 4 aromatic carbocycles. The van der Waals surface area contributed by atoms with Gasteiger partial charge in [-0.2, -0.15) is 0 Å². The van der Waals surface area contributed by atoms with Crippen LogP contribution in [0.5, 0.6) is 11.5 Å². The van der Waals surface area contributed by atoms with Crippen molar-refractivity contribution in [2.45, 2.75) is 63.6 Å². The molecule has 388 valence electrons. The topological polar surface area (TPSA) is 204 Å². The van der Waals surface area contributed by atoms with Crippen molar-refractivity contribution >= 4 is 70.6 Å². The Morgan fingerprint density at radius 3 is 2.07 bits per heavy atom. The van der Waals surface area contributed by atoms with Crippen LogP contribution < -0.4 is 30.7 Å². The number of aromatic nitrogens is 2. The second kappa shape index (κ2) is 27.3. The Labute approximate surface area is 441 Å². The van der Waals surface area contributed by atoms with Gasteiger partial charge < -0.3 is 40.7 Å². The number of rotatable bonds is 23. The minimum Gasteiger partial charge on any atom is -0.495 e. The summed E-state index contributed by atoms with van der Waals surface area (Å²) in [7, 11) is 3.03. The third-order valence-corrected chi connectivity index (χ3v) is 13.3. The number of aliphatic hydroxyl groups is 1. The number of likely N-dealkylation sites (tertiary alicyclic amines) is 1. The van der Waals surface area contributed by atoms with Crippen LogP contribution in [0.25, 0.3) is 12.2 Å². The number of hydrogen-bond acceptors (Lipinski definition) is 12. The van der Waals surface area contributed by atoms with E-state index in [1.165, 1.54) is 37.7 Å². The van der Waals surface area contributed by atoms with E-state index in [-0.39, 0.29) is 68.2 Å². The number of piperidine rings is 1. The summed E-state index contributed by atoms with van der Waals surface area (Å²) in [6.07, 6.45) is 7.95. The van der Waals surface area contributed by atoms with E-state index in [2.05, 4.69) is 48.3 Å². The van der Waals surface area contributed by atoms with Gasteiger partial charge >= 0.3 is 0 Å². The number of hydrogen-bond donors (Lipinski definition) is 5. The summed E-state index contributed by atoms with van der Waals surface area (Å²) in [5.74, 6) is -0.309. The Kier molecular flexibility index (Phi) is 20.1. The smallest absolute Gasteiger partial charge is 0.270 e. The van der Waals surface area contributed by atoms with E-state index in [1.807, 2.05) is 42.5 Å². The van der Waals surface area contributed by atoms with Gasteiger partial charge in [0.25, 0.3) is 5.91 Å². The minimum atomic E-state index is -0.922. The zero-order valence-electron chi connectivity index (χ0n) is 41.6. The summed E-state index contributed by atoms with van der Waals surface area (Å²) in [6, 6.07) is 28.6. The summed E-state index contributed by atoms with van der Waals surface area (Å²) in [5.41, 5.74) is 5.56. The first-order valence-electron chi connectivity index (χ1n) is 24.7. The number of anilines is 1. The van der Waals surface area contributed by atoms with Crippen LogP contribution in [0, 0.1) is 0 Å². The number of β-amino-alcohol motifs (C(OH)–C–C–N with tert-alkyl or cyclic N) is 1. The molecule has 2 unspecified atom stereocenters. The van der Waals surface area contributed by atoms with E-state index >= 15 is 0 Å². The number of methoxy groups -OCH3 is 2. The van der Waals surface area contributed by atoms with Crippen molar-refractivity contribution in [1.82, 2.24) is 35.7 Å². The van der Waals surface area contributed by atoms with Gasteiger partial charge in [-0.1, -0.05) is 103 Å². The van der Waals surface area contributed by atoms with Crippen molar-refractivity contribution in [3.05, 3.63) is 158 Å². The molecule has 5 aromatic rings. The molecule has 1 fully saturated rings. The Bertz CT molecular complexity index is 2770. The molecule has 0 spiro atoms. The quantitative estimate of drug-likeness (QED) is 0.0341. The molecule has 0 saturated carbocycles. The Balaban J connectivity index is 0.864. The summed E-state index contributed by atoms with van der Waals surface area (Å²) in [5, 5.41) is 22.9. The van der Waals surface area contributed by atoms with Gasteiger partial charge in [-0.3, -0.25) is 28.9 Å². The molecule has 18 heteroatoms. The number of nitrogens with zero attached hydrogens (tertiary/aromatic N) is 4. The minimum absolute atomic E-state index is 0.00114. The van der Waals surface area contributed by atoms with Gasteiger partial charge in [-0.15, -0.1) is 0 Å². The molecule has 3 heterocycles. The average molecular weight is 1050 g/mol. The Morgan fingerprint density at radius 2 is 1.41 bits per heavy atom. The molecule has 0 bridgehead atoms. The van der Waals surface area contributed by atoms with Crippen LogP contribution in [0.1, 0.15) is 70.4 Å². The SMILES string of the molecule is COc1ccc(C=C2CN(C(=O)C(Cc3ccccc3)NC(=O)CCCCCCNC(=O)CNc3cc(C(=O)NCC(O)CN4CCc5ccccc5C4)ncn3)CC(=Cc3ccc(OC)c(Cl)c3)C2=O)cc1Cl. The fraction of sp³-hybridized carbons (Fsp3) is 0.339. The fourth-order valence-corrected chi connectivity index (χ4v) is 9.39. The molecule has 1 aromatic heterocycles. The number of unbranched alkanes of at least 4 members (excludes halogenated alkanes) is 3. The lowest BCUT2D eigenvalue weighted by atomic mass is 9.93. The molecule has 5 N–H and O–H groups in total. The van der Waals surface area contributed by atoms with E-state index in [1.54, 1.807) is 53.5 Å². The lowest BCUT2D eigenvalue weighted by Crippen LogP contribution is -2.52. The van der Waals surface area contributed by atoms with Gasteiger partial charge in [0, 0.05) is 75.9 Å². The van der Waals surface area contributed by atoms with Crippen LogP contribution >= 0.6 is 23.2 Å². The average Bonchev–Trinajstić information content (AvgIpc) is 3.40. The molecule has 0 aliphatic carbocycles. The molecular formula is C56H62Cl2N8O8. The molecular weight excluding hydrogens is 984 g/mol. The maximum atomic E-state index is 14.6. The number of halogens is 2. The molecule has 16 nitrogen and oxygen atoms in total. The van der Waals surface area contributed by atoms with E-state index in [0.717, 1.165) is 37.9 Å². The highest BCUT2D eigenvalue weighted by molar-refractivity contribution is 6.32. The van der Waals surface area contributed by atoms with Crippen molar-refractivity contribution in [3.8, 4) is 11.5 Å². The third kappa shape index (κ3) is 15.9. The number of nitrogens with one attached hydrogen (secondary N) is 4. The number of ether oxygens (including phenoxy) is 2. The molecule has 0 radical (unpaired) electrons. The number of fused-ring (bicyclic) bond motifs is 1. The first-order valence-corrected chi connectivity index (χ1v) is 25.4. The van der Waals surface area contributed by atoms with Crippen molar-refractivity contribution in [1.29, 1.82) is 0 Å². The predicted molar refractivity (Wildman–Crippen MR) is 286 cm³/mol. The highest BCUT2D eigenvalue weighted by Crippen LogP contribution is 2.30. The number of carbonyl (C=O) groups is 5. The Hall–Kier alpha value is -7.11. The van der Waals surface area contributed by atoms with Crippen molar-refractivity contribution in [3.63, 3.8) is 0 Å². The van der Waals surface area contributed by atoms with Crippen LogP contribution in [0.4, 0.5) is 5.82 Å². The molecule has 74 heavy (non-hydrogen) atoms. The molecule has 1 saturated heterocycles. The summed E-state index contributed by atoms with van der Waals surface area (Å²) >= 11 is 12.9. The lowest BCUT2D eigenvalue weighted by molar-refractivity contribution is -0.136. The highest BCUT2D eigenvalue weighted by Gasteiger charge is 2.34. The van der Waals surface area contributed by atoms with E-state index in [4.69, 9.17) is 32.7 Å². The van der Waals surface area contributed by atoms with Crippen LogP contribution in [0.2, 0.25) is 10.0 Å². The van der Waals surface area contributed by atoms with Gasteiger partial charge in [0.1, 0.15) is 35.4 Å². The number of ketones is 1. The zero-order valence-corrected chi connectivity index (χ0v) is 43.1. The van der Waals surface area contributed by atoms with E-state index in [0.29, 0.717) is 75.6 Å². The van der Waals surface area contributed by atoms with Gasteiger partial charge in [0.2, 0.25) is 17.7 Å². The second-order valence-corrected chi connectivity index (χ2v) is 19.0. The number of Topliss-reactive ketones (excluding diaryl/α,β-unsaturated/α-hetero) is 1. The normalized spacial score (nSPS) is 15.5. The maximum absolute atomic E-state index is 14.6. The zero-order chi connectivity index (χ0) is 52.4. The van der Waals surface area contributed by atoms with Crippen molar-refractivity contribution in [2.75, 3.05) is 65.3 Å². The van der Waals surface area contributed by atoms with E-state index < -0.39 is 18.1 Å². The monoisotopic (exact) mass is 1040 g/mol. The fourth-order valence-electron chi connectivity index (χ4n) is 8.86. The lowest BCUT2D eigenvalue weighted by Gasteiger charge is -2.33. The number of carbonyl (C=O) groups excluding carboxylic acids is 5. The largest absolute Gasteiger partial charge is 0.495 e. The number of amides is 4.